The molecular weight excluding hydrogens is 195 g/mol. The number of rotatable bonds is 2. The molecule has 76 valence electrons. The van der Waals surface area contributed by atoms with Gasteiger partial charge in [0.2, 0.25) is 0 Å². The Hall–Kier alpha value is -2.10. The molecule has 2 rings (SSSR count). The molecule has 0 amide bonds. The Morgan fingerprint density at radius 1 is 1.20 bits per heavy atom. The lowest BCUT2D eigenvalue weighted by molar-refractivity contribution is 0.628. The van der Waals surface area contributed by atoms with E-state index < -0.39 is 0 Å². The van der Waals surface area contributed by atoms with Gasteiger partial charge in [-0.3, -0.25) is 4.79 Å². The topological polar surface area (TPSA) is 44.9 Å². The van der Waals surface area contributed by atoms with Crippen LogP contribution < -0.4 is 10.9 Å². The lowest BCUT2D eigenvalue weighted by atomic mass is 10.3. The third-order valence-electron chi connectivity index (χ3n) is 1.92. The molecule has 0 saturated carbocycles. The van der Waals surface area contributed by atoms with Gasteiger partial charge in [-0.2, -0.15) is 0 Å². The summed E-state index contributed by atoms with van der Waals surface area (Å²) < 4.78 is 12.8. The van der Waals surface area contributed by atoms with Gasteiger partial charge in [0.25, 0.3) is 5.56 Å². The zero-order valence-corrected chi connectivity index (χ0v) is 7.83. The highest BCUT2D eigenvalue weighted by molar-refractivity contribution is 5.58. The number of nitrogens with one attached hydrogen (secondary N) is 2. The van der Waals surface area contributed by atoms with Crippen LogP contribution in [-0.2, 0) is 0 Å². The monoisotopic (exact) mass is 204 g/mol. The Kier molecular flexibility index (Phi) is 2.49. The fraction of sp³-hybridized carbons (Fsp3) is 0. The van der Waals surface area contributed by atoms with E-state index in [4.69, 9.17) is 0 Å². The molecule has 4 heteroatoms. The summed E-state index contributed by atoms with van der Waals surface area (Å²) in [5, 5.41) is 2.83. The van der Waals surface area contributed by atoms with Crippen LogP contribution in [0.15, 0.2) is 47.4 Å². The first-order valence-electron chi connectivity index (χ1n) is 4.46. The quantitative estimate of drug-likeness (QED) is 0.788. The first kappa shape index (κ1) is 9.45. The number of aromatic nitrogens is 1. The van der Waals surface area contributed by atoms with Crippen molar-refractivity contribution in [3.63, 3.8) is 0 Å². The maximum absolute atomic E-state index is 12.8. The third kappa shape index (κ3) is 2.22. The molecule has 0 spiro atoms. The van der Waals surface area contributed by atoms with Crippen LogP contribution in [0.5, 0.6) is 0 Å². The van der Waals surface area contributed by atoms with E-state index in [-0.39, 0.29) is 11.4 Å². The lowest BCUT2D eigenvalue weighted by Gasteiger charge is -2.04. The molecule has 0 saturated heterocycles. The Bertz CT molecular complexity index is 522. The molecule has 2 N–H and O–H groups in total. The van der Waals surface area contributed by atoms with E-state index in [0.717, 1.165) is 0 Å². The van der Waals surface area contributed by atoms with E-state index in [9.17, 15) is 9.18 Å². The van der Waals surface area contributed by atoms with Crippen LogP contribution >= 0.6 is 0 Å². The Labute approximate surface area is 85.6 Å². The minimum Gasteiger partial charge on any atom is -0.351 e. The summed E-state index contributed by atoms with van der Waals surface area (Å²) >= 11 is 0. The summed E-state index contributed by atoms with van der Waals surface area (Å²) in [6, 6.07) is 9.27. The van der Waals surface area contributed by atoms with E-state index in [1.165, 1.54) is 12.1 Å². The molecule has 15 heavy (non-hydrogen) atoms. The number of pyridine rings is 1. The number of halogens is 1. The fourth-order valence-corrected chi connectivity index (χ4v) is 1.24. The molecule has 1 aromatic heterocycles. The minimum atomic E-state index is -0.340. The average molecular weight is 204 g/mol. The van der Waals surface area contributed by atoms with Crippen LogP contribution in [0, 0.1) is 5.82 Å². The summed E-state index contributed by atoms with van der Waals surface area (Å²) in [6.45, 7) is 0. The second-order valence-corrected chi connectivity index (χ2v) is 3.05. The van der Waals surface area contributed by atoms with Gasteiger partial charge in [0, 0.05) is 11.9 Å². The van der Waals surface area contributed by atoms with Gasteiger partial charge in [-0.15, -0.1) is 0 Å². The Morgan fingerprint density at radius 2 is 2.07 bits per heavy atom. The van der Waals surface area contributed by atoms with Gasteiger partial charge in [0.05, 0.1) is 0 Å². The van der Waals surface area contributed by atoms with E-state index in [2.05, 4.69) is 10.3 Å². The second kappa shape index (κ2) is 3.96. The normalized spacial score (nSPS) is 9.93. The van der Waals surface area contributed by atoms with Crippen LogP contribution in [-0.4, -0.2) is 4.98 Å². The van der Waals surface area contributed by atoms with E-state index >= 15 is 0 Å². The molecule has 1 heterocycles. The SMILES string of the molecule is O=c1[nH]cccc1Nc1cccc(F)c1. The van der Waals surface area contributed by atoms with Crippen molar-refractivity contribution in [1.29, 1.82) is 0 Å². The van der Waals surface area contributed by atoms with Crippen molar-refractivity contribution in [3.8, 4) is 0 Å². The van der Waals surface area contributed by atoms with Crippen molar-refractivity contribution >= 4 is 11.4 Å². The molecule has 3 nitrogen and oxygen atoms in total. The maximum atomic E-state index is 12.8. The number of hydrogen-bond acceptors (Lipinski definition) is 2. The maximum Gasteiger partial charge on any atom is 0.271 e. The smallest absolute Gasteiger partial charge is 0.271 e. The lowest BCUT2D eigenvalue weighted by Crippen LogP contribution is -2.09. The first-order chi connectivity index (χ1) is 7.25. The zero-order chi connectivity index (χ0) is 10.7. The molecular formula is C11H9FN2O. The standard InChI is InChI=1S/C11H9FN2O/c12-8-3-1-4-9(7-8)14-10-5-2-6-13-11(10)15/h1-7,14H,(H,13,15). The molecule has 0 unspecified atom stereocenters. The van der Waals surface area contributed by atoms with Crippen molar-refractivity contribution < 1.29 is 4.39 Å². The molecule has 2 aromatic rings. The van der Waals surface area contributed by atoms with E-state index in [1.54, 1.807) is 30.5 Å². The van der Waals surface area contributed by atoms with Crippen molar-refractivity contribution in [2.24, 2.45) is 0 Å². The van der Waals surface area contributed by atoms with Gasteiger partial charge in [0.1, 0.15) is 11.5 Å². The zero-order valence-electron chi connectivity index (χ0n) is 7.83. The summed E-state index contributed by atoms with van der Waals surface area (Å²) in [6.07, 6.45) is 1.54. The number of benzene rings is 1. The van der Waals surface area contributed by atoms with Gasteiger partial charge in [-0.1, -0.05) is 6.07 Å². The Balaban J connectivity index is 2.30. The van der Waals surface area contributed by atoms with Gasteiger partial charge < -0.3 is 10.3 Å². The van der Waals surface area contributed by atoms with Gasteiger partial charge in [0.15, 0.2) is 0 Å². The number of anilines is 2. The minimum absolute atomic E-state index is 0.234. The second-order valence-electron chi connectivity index (χ2n) is 3.05. The highest BCUT2D eigenvalue weighted by Gasteiger charge is 1.99. The molecule has 0 radical (unpaired) electrons. The van der Waals surface area contributed by atoms with Gasteiger partial charge >= 0.3 is 0 Å². The number of aromatic amines is 1. The van der Waals surface area contributed by atoms with Gasteiger partial charge in [-0.25, -0.2) is 4.39 Å². The molecule has 0 aliphatic carbocycles. The summed E-state index contributed by atoms with van der Waals surface area (Å²) in [7, 11) is 0. The average Bonchev–Trinajstić information content (AvgIpc) is 2.22. The number of hydrogen-bond donors (Lipinski definition) is 2. The van der Waals surface area contributed by atoms with Crippen LogP contribution in [0.3, 0.4) is 0 Å². The number of H-pyrrole nitrogens is 1. The molecule has 0 aliphatic heterocycles. The highest BCUT2D eigenvalue weighted by atomic mass is 19.1. The van der Waals surface area contributed by atoms with E-state index in [1.807, 2.05) is 0 Å². The molecule has 1 aromatic carbocycles. The van der Waals surface area contributed by atoms with E-state index in [0.29, 0.717) is 11.4 Å². The summed E-state index contributed by atoms with van der Waals surface area (Å²) in [5.74, 6) is -0.340. The predicted octanol–water partition coefficient (Wildman–Crippen LogP) is 2.26. The van der Waals surface area contributed by atoms with Gasteiger partial charge in [-0.05, 0) is 30.3 Å². The fourth-order valence-electron chi connectivity index (χ4n) is 1.24. The van der Waals surface area contributed by atoms with Crippen molar-refractivity contribution in [3.05, 3.63) is 58.8 Å². The summed E-state index contributed by atoms with van der Waals surface area (Å²) in [4.78, 5) is 13.8. The molecule has 0 atom stereocenters. The van der Waals surface area contributed by atoms with Crippen LogP contribution in [0.2, 0.25) is 0 Å². The largest absolute Gasteiger partial charge is 0.351 e. The van der Waals surface area contributed by atoms with Crippen molar-refractivity contribution in [1.82, 2.24) is 4.98 Å². The third-order valence-corrected chi connectivity index (χ3v) is 1.92. The molecule has 0 aliphatic rings. The van der Waals surface area contributed by atoms with Crippen molar-refractivity contribution in [2.45, 2.75) is 0 Å². The van der Waals surface area contributed by atoms with Crippen LogP contribution in [0.1, 0.15) is 0 Å². The predicted molar refractivity (Wildman–Crippen MR) is 56.7 cm³/mol. The first-order valence-corrected chi connectivity index (χ1v) is 4.46. The van der Waals surface area contributed by atoms with Crippen LogP contribution in [0.4, 0.5) is 15.8 Å². The highest BCUT2D eigenvalue weighted by Crippen LogP contribution is 2.13. The Morgan fingerprint density at radius 3 is 2.80 bits per heavy atom. The molecule has 0 fully saturated rings. The van der Waals surface area contributed by atoms with Crippen molar-refractivity contribution in [2.75, 3.05) is 5.32 Å². The van der Waals surface area contributed by atoms with Crippen LogP contribution in [0.25, 0.3) is 0 Å². The summed E-state index contributed by atoms with van der Waals surface area (Å²) in [5.41, 5.74) is 0.705. The molecule has 0 bridgehead atoms.